The maximum Gasteiger partial charge on any atom is 0.232 e. The van der Waals surface area contributed by atoms with Gasteiger partial charge in [0, 0.05) is 11.9 Å². The zero-order valence-corrected chi connectivity index (χ0v) is 14.0. The fourth-order valence-electron chi connectivity index (χ4n) is 1.55. The predicted octanol–water partition coefficient (Wildman–Crippen LogP) is 2.83. The highest BCUT2D eigenvalue weighted by atomic mass is 35.5. The summed E-state index contributed by atoms with van der Waals surface area (Å²) in [6.45, 7) is 0. The molecule has 0 aliphatic carbocycles. The van der Waals surface area contributed by atoms with Crippen molar-refractivity contribution in [3.63, 3.8) is 0 Å². The van der Waals surface area contributed by atoms with Crippen molar-refractivity contribution >= 4 is 50.8 Å². The molecule has 0 saturated heterocycles. The summed E-state index contributed by atoms with van der Waals surface area (Å²) in [5, 5.41) is 11.7. The molecule has 1 aromatic heterocycles. The number of allylic oxidation sites excluding steroid dienone is 1. The van der Waals surface area contributed by atoms with Gasteiger partial charge in [-0.25, -0.2) is 8.42 Å². The number of nitriles is 1. The van der Waals surface area contributed by atoms with E-state index in [-0.39, 0.29) is 21.4 Å². The maximum atomic E-state index is 11.4. The van der Waals surface area contributed by atoms with Crippen molar-refractivity contribution in [3.05, 3.63) is 45.3 Å². The van der Waals surface area contributed by atoms with E-state index >= 15 is 0 Å². The number of halogens is 2. The van der Waals surface area contributed by atoms with Gasteiger partial charge in [-0.05, 0) is 47.0 Å². The molecule has 0 fully saturated rings. The average molecular weight is 370 g/mol. The van der Waals surface area contributed by atoms with Crippen LogP contribution >= 0.6 is 23.2 Å². The number of hydrogen-bond acceptors (Lipinski definition) is 7. The molecule has 1 heterocycles. The summed E-state index contributed by atoms with van der Waals surface area (Å²) in [4.78, 5) is 11.0. The highest BCUT2D eigenvalue weighted by Gasteiger charge is 2.10. The lowest BCUT2D eigenvalue weighted by Crippen LogP contribution is -2.00. The smallest absolute Gasteiger partial charge is 0.232 e. The van der Waals surface area contributed by atoms with Gasteiger partial charge in [0.15, 0.2) is 9.84 Å². The van der Waals surface area contributed by atoms with E-state index in [1.807, 2.05) is 0 Å². The van der Waals surface area contributed by atoms with E-state index in [9.17, 15) is 8.42 Å². The molecule has 7 nitrogen and oxygen atoms in total. The van der Waals surface area contributed by atoms with Gasteiger partial charge in [0.25, 0.3) is 0 Å². The van der Waals surface area contributed by atoms with Gasteiger partial charge in [-0.1, -0.05) is 12.1 Å². The molecule has 0 spiro atoms. The lowest BCUT2D eigenvalue weighted by Gasteiger charge is -2.05. The van der Waals surface area contributed by atoms with Crippen molar-refractivity contribution < 1.29 is 8.42 Å². The van der Waals surface area contributed by atoms with E-state index in [2.05, 4.69) is 20.3 Å². The van der Waals surface area contributed by atoms with Crippen molar-refractivity contribution in [2.75, 3.05) is 11.6 Å². The van der Waals surface area contributed by atoms with Gasteiger partial charge < -0.3 is 5.32 Å². The lowest BCUT2D eigenvalue weighted by atomic mass is 10.2. The zero-order chi connectivity index (χ0) is 17.0. The first kappa shape index (κ1) is 17.1. The van der Waals surface area contributed by atoms with E-state index in [1.54, 1.807) is 30.3 Å². The van der Waals surface area contributed by atoms with Crippen LogP contribution in [-0.2, 0) is 9.84 Å². The normalized spacial score (nSPS) is 11.8. The molecule has 0 aliphatic heterocycles. The van der Waals surface area contributed by atoms with E-state index < -0.39 is 9.84 Å². The molecule has 0 atom stereocenters. The Labute approximate surface area is 142 Å². The van der Waals surface area contributed by atoms with Crippen LogP contribution in [0.2, 0.25) is 10.6 Å². The van der Waals surface area contributed by atoms with Crippen LogP contribution in [0.25, 0.3) is 6.08 Å². The van der Waals surface area contributed by atoms with Gasteiger partial charge in [-0.2, -0.15) is 20.2 Å². The van der Waals surface area contributed by atoms with Crippen LogP contribution in [0.15, 0.2) is 29.2 Å². The number of nitrogens with one attached hydrogen (secondary N) is 1. The molecule has 2 rings (SSSR count). The Balaban J connectivity index is 2.23. The Morgan fingerprint density at radius 2 is 1.74 bits per heavy atom. The number of benzene rings is 1. The second-order valence-electron chi connectivity index (χ2n) is 4.34. The second kappa shape index (κ2) is 6.91. The fraction of sp³-hybridized carbons (Fsp3) is 0.0769. The van der Waals surface area contributed by atoms with Crippen LogP contribution in [-0.4, -0.2) is 29.6 Å². The summed E-state index contributed by atoms with van der Waals surface area (Å²) in [6.07, 6.45) is 2.27. The topological polar surface area (TPSA) is 109 Å². The van der Waals surface area contributed by atoms with E-state index in [4.69, 9.17) is 28.5 Å². The molecule has 0 saturated carbocycles. The standard InChI is InChI=1S/C13H9Cl2N5O2S/c1-23(21,22)10(7-16)6-8-2-4-9(5-3-8)17-13-19-11(14)18-12(15)20-13/h2-6H,1H3,(H,17,18,19,20). The van der Waals surface area contributed by atoms with Crippen molar-refractivity contribution in [2.24, 2.45) is 0 Å². The SMILES string of the molecule is CS(=O)(=O)C(C#N)=Cc1ccc(Nc2nc(Cl)nc(Cl)n2)cc1. The van der Waals surface area contributed by atoms with E-state index in [1.165, 1.54) is 6.08 Å². The Hall–Kier alpha value is -2.21. The van der Waals surface area contributed by atoms with Crippen molar-refractivity contribution in [2.45, 2.75) is 0 Å². The summed E-state index contributed by atoms with van der Waals surface area (Å²) >= 11 is 11.4. The number of aromatic nitrogens is 3. The lowest BCUT2D eigenvalue weighted by molar-refractivity contribution is 0.609. The second-order valence-corrected chi connectivity index (χ2v) is 7.00. The number of hydrogen-bond donors (Lipinski definition) is 1. The van der Waals surface area contributed by atoms with Crippen molar-refractivity contribution in [3.8, 4) is 6.07 Å². The molecule has 0 bridgehead atoms. The Bertz CT molecular complexity index is 885. The van der Waals surface area contributed by atoms with Gasteiger partial charge in [0.1, 0.15) is 11.0 Å². The summed E-state index contributed by atoms with van der Waals surface area (Å²) in [5.74, 6) is 0.173. The number of anilines is 2. The molecule has 10 heteroatoms. The Morgan fingerprint density at radius 1 is 1.17 bits per heavy atom. The first-order chi connectivity index (χ1) is 10.8. The molecule has 2 aromatic rings. The van der Waals surface area contributed by atoms with Gasteiger partial charge in [0.05, 0.1) is 0 Å². The van der Waals surface area contributed by atoms with Crippen LogP contribution in [0.1, 0.15) is 5.56 Å². The number of rotatable bonds is 4. The minimum atomic E-state index is -3.55. The Morgan fingerprint density at radius 3 is 2.22 bits per heavy atom. The quantitative estimate of drug-likeness (QED) is 0.824. The molecular weight excluding hydrogens is 361 g/mol. The van der Waals surface area contributed by atoms with Crippen LogP contribution < -0.4 is 5.32 Å². The third-order valence-electron chi connectivity index (χ3n) is 2.56. The highest BCUT2D eigenvalue weighted by molar-refractivity contribution is 7.95. The molecule has 0 unspecified atom stereocenters. The Kier molecular flexibility index (Phi) is 5.15. The van der Waals surface area contributed by atoms with E-state index in [0.29, 0.717) is 11.3 Å². The maximum absolute atomic E-state index is 11.4. The summed E-state index contributed by atoms with van der Waals surface area (Å²) in [7, 11) is -3.55. The molecule has 118 valence electrons. The first-order valence-electron chi connectivity index (χ1n) is 6.04. The van der Waals surface area contributed by atoms with Crippen molar-refractivity contribution in [1.29, 1.82) is 5.26 Å². The fourth-order valence-corrected chi connectivity index (χ4v) is 2.43. The average Bonchev–Trinajstić information content (AvgIpc) is 2.44. The highest BCUT2D eigenvalue weighted by Crippen LogP contribution is 2.18. The largest absolute Gasteiger partial charge is 0.324 e. The van der Waals surface area contributed by atoms with Gasteiger partial charge >= 0.3 is 0 Å². The zero-order valence-electron chi connectivity index (χ0n) is 11.7. The first-order valence-corrected chi connectivity index (χ1v) is 8.68. The van der Waals surface area contributed by atoms with Gasteiger partial charge in [-0.3, -0.25) is 0 Å². The molecule has 1 N–H and O–H groups in total. The summed E-state index contributed by atoms with van der Waals surface area (Å²) in [6, 6.07) is 8.25. The van der Waals surface area contributed by atoms with Crippen LogP contribution in [0.3, 0.4) is 0 Å². The van der Waals surface area contributed by atoms with Gasteiger partial charge in [0.2, 0.25) is 16.5 Å². The molecule has 1 aromatic carbocycles. The minimum absolute atomic E-state index is 0.0427. The number of sulfone groups is 1. The predicted molar refractivity (Wildman–Crippen MR) is 88.0 cm³/mol. The third kappa shape index (κ3) is 4.89. The summed E-state index contributed by atoms with van der Waals surface area (Å²) < 4.78 is 22.8. The third-order valence-corrected chi connectivity index (χ3v) is 3.90. The van der Waals surface area contributed by atoms with Gasteiger partial charge in [-0.15, -0.1) is 0 Å². The molecule has 0 amide bonds. The van der Waals surface area contributed by atoms with Crippen LogP contribution in [0.4, 0.5) is 11.6 Å². The molecule has 0 aliphatic rings. The minimum Gasteiger partial charge on any atom is -0.324 e. The van der Waals surface area contributed by atoms with Crippen LogP contribution in [0.5, 0.6) is 0 Å². The van der Waals surface area contributed by atoms with Crippen molar-refractivity contribution in [1.82, 2.24) is 15.0 Å². The monoisotopic (exact) mass is 369 g/mol. The molecule has 0 radical (unpaired) electrons. The number of nitrogens with zero attached hydrogens (tertiary/aromatic N) is 4. The van der Waals surface area contributed by atoms with E-state index in [0.717, 1.165) is 6.26 Å². The molecular formula is C13H9Cl2N5O2S. The molecule has 23 heavy (non-hydrogen) atoms. The summed E-state index contributed by atoms with van der Waals surface area (Å²) in [5.41, 5.74) is 1.18. The van der Waals surface area contributed by atoms with Crippen LogP contribution in [0, 0.1) is 11.3 Å².